The first kappa shape index (κ1) is 50.5. The van der Waals surface area contributed by atoms with Crippen molar-refractivity contribution in [2.75, 3.05) is 34.0 Å². The number of ether oxygens (including phenoxy) is 3. The van der Waals surface area contributed by atoms with Crippen LogP contribution in [0.3, 0.4) is 0 Å². The molecule has 69 heavy (non-hydrogen) atoms. The second kappa shape index (κ2) is 18.4. The zero-order valence-corrected chi connectivity index (χ0v) is 42.2. The molecule has 11 aliphatic rings. The Labute approximate surface area is 409 Å². The molecule has 0 aromatic heterocycles. The van der Waals surface area contributed by atoms with Crippen LogP contribution < -0.4 is 5.48 Å². The Kier molecular flexibility index (Phi) is 13.5. The van der Waals surface area contributed by atoms with Gasteiger partial charge in [-0.3, -0.25) is 4.84 Å². The number of carbonyl (C=O) groups excluding carboxylic acids is 2. The summed E-state index contributed by atoms with van der Waals surface area (Å²) in [5, 5.41) is 67.3. The van der Waals surface area contributed by atoms with Gasteiger partial charge >= 0.3 is 11.9 Å². The van der Waals surface area contributed by atoms with Crippen LogP contribution in [0.1, 0.15) is 143 Å². The molecule has 7 N–H and O–H groups in total. The fraction of sp³-hybridized carbons (Fsp3) is 0.889. The van der Waals surface area contributed by atoms with Crippen molar-refractivity contribution in [3.05, 3.63) is 23.3 Å². The molecular formula is C54H84N2O13. The van der Waals surface area contributed by atoms with Gasteiger partial charge in [0, 0.05) is 35.1 Å². The third kappa shape index (κ3) is 7.73. The van der Waals surface area contributed by atoms with Crippen LogP contribution >= 0.6 is 0 Å². The van der Waals surface area contributed by atoms with E-state index < -0.39 is 48.5 Å². The van der Waals surface area contributed by atoms with Crippen LogP contribution in [-0.2, 0) is 33.5 Å². The largest absolute Gasteiger partial charge is 0.458 e. The summed E-state index contributed by atoms with van der Waals surface area (Å²) in [5.74, 6) is 2.74. The van der Waals surface area contributed by atoms with Crippen LogP contribution in [0.5, 0.6) is 0 Å². The van der Waals surface area contributed by atoms with Crippen molar-refractivity contribution in [1.82, 2.24) is 10.5 Å². The molecular weight excluding hydrogens is 885 g/mol. The number of fused-ring (bicyclic) bond motifs is 10. The number of hydrogen-bond donors (Lipinski definition) is 7. The van der Waals surface area contributed by atoms with E-state index >= 15 is 0 Å². The molecule has 0 bridgehead atoms. The van der Waals surface area contributed by atoms with E-state index in [-0.39, 0.29) is 52.0 Å². The molecule has 388 valence electrons. The second-order valence-corrected chi connectivity index (χ2v) is 25.1. The molecule has 15 nitrogen and oxygen atoms in total. The number of rotatable bonds is 8. The fourth-order valence-electron chi connectivity index (χ4n) is 19.1. The Hall–Kier alpha value is -2.02. The van der Waals surface area contributed by atoms with Gasteiger partial charge in [-0.2, -0.15) is 10.5 Å². The lowest BCUT2D eigenvalue weighted by Crippen LogP contribution is -2.66. The Morgan fingerprint density at radius 2 is 1.16 bits per heavy atom. The first-order valence-electron chi connectivity index (χ1n) is 26.9. The number of hydrogen-bond acceptors (Lipinski definition) is 15. The van der Waals surface area contributed by atoms with Gasteiger partial charge < -0.3 is 49.7 Å². The number of aliphatic hydroxyl groups excluding tert-OH is 4. The van der Waals surface area contributed by atoms with E-state index in [1.165, 1.54) is 32.8 Å². The highest BCUT2D eigenvalue weighted by Gasteiger charge is 2.70. The van der Waals surface area contributed by atoms with Crippen LogP contribution in [0.4, 0.5) is 0 Å². The molecule has 21 atom stereocenters. The summed E-state index contributed by atoms with van der Waals surface area (Å²) in [7, 11) is 3.25. The Morgan fingerprint density at radius 1 is 0.638 bits per heavy atom. The maximum Gasteiger partial charge on any atom is 0.331 e. The molecule has 15 heteroatoms. The van der Waals surface area contributed by atoms with Gasteiger partial charge in [-0.1, -0.05) is 27.7 Å². The van der Waals surface area contributed by atoms with Gasteiger partial charge in [0.2, 0.25) is 0 Å². The molecule has 0 radical (unpaired) electrons. The number of carbonyl (C=O) groups is 2. The SMILES string of the molecule is CON(C1CC[C@@]2(C)C(CCC3C2CC[C@]2(C)[C@@H](C4=CC(=O)OC4)CC[C@]32O)C1)[C@@H]1OC(CO)[C@@H](O)[C@H](O)C1O.CONC1CC[C@@]2(C)C(CCC3C2CC[C@]2(C)[C@@H](C4=CC(=O)OC4)CC[C@]32O)C1. The minimum Gasteiger partial charge on any atom is -0.458 e. The fourth-order valence-corrected chi connectivity index (χ4v) is 19.1. The lowest BCUT2D eigenvalue weighted by atomic mass is 9.43. The molecule has 8 aliphatic carbocycles. The van der Waals surface area contributed by atoms with Gasteiger partial charge in [0.1, 0.15) is 37.6 Å². The van der Waals surface area contributed by atoms with Crippen molar-refractivity contribution < 1.29 is 64.1 Å². The number of hydroxylamine groups is 3. The number of cyclic esters (lactones) is 2. The van der Waals surface area contributed by atoms with Gasteiger partial charge in [0.25, 0.3) is 0 Å². The Morgan fingerprint density at radius 3 is 1.64 bits per heavy atom. The van der Waals surface area contributed by atoms with E-state index in [4.69, 9.17) is 23.9 Å². The van der Waals surface area contributed by atoms with Gasteiger partial charge in [0.05, 0.1) is 32.0 Å². The average Bonchev–Trinajstić information content (AvgIpc) is 4.09. The molecule has 3 aliphatic heterocycles. The van der Waals surface area contributed by atoms with E-state index in [9.17, 15) is 40.2 Å². The van der Waals surface area contributed by atoms with Crippen LogP contribution in [0.25, 0.3) is 0 Å². The summed E-state index contributed by atoms with van der Waals surface area (Å²) < 4.78 is 16.3. The molecule has 11 rings (SSSR count). The van der Waals surface area contributed by atoms with Crippen molar-refractivity contribution in [2.24, 2.45) is 69.0 Å². The maximum absolute atomic E-state index is 12.4. The summed E-state index contributed by atoms with van der Waals surface area (Å²) in [4.78, 5) is 34.5. The molecule has 0 aromatic rings. The smallest absolute Gasteiger partial charge is 0.331 e. The molecule has 9 fully saturated rings. The minimum absolute atomic E-state index is 0.0549. The van der Waals surface area contributed by atoms with Crippen LogP contribution in [0.2, 0.25) is 0 Å². The molecule has 0 spiro atoms. The van der Waals surface area contributed by atoms with E-state index in [0.29, 0.717) is 48.3 Å². The van der Waals surface area contributed by atoms with E-state index in [2.05, 4.69) is 33.2 Å². The second-order valence-electron chi connectivity index (χ2n) is 25.1. The summed E-state index contributed by atoms with van der Waals surface area (Å²) in [6.07, 6.45) is 15.4. The predicted octanol–water partition coefficient (Wildman–Crippen LogP) is 5.04. The molecule has 10 unspecified atom stereocenters. The van der Waals surface area contributed by atoms with Crippen LogP contribution in [0, 0.1) is 69.0 Å². The lowest BCUT2D eigenvalue weighted by Gasteiger charge is -2.64. The number of nitrogens with one attached hydrogen (secondary N) is 1. The molecule has 0 aromatic carbocycles. The summed E-state index contributed by atoms with van der Waals surface area (Å²) in [5.41, 5.74) is 4.01. The number of esters is 2. The average molecular weight is 969 g/mol. The topological polar surface area (TPSA) is 217 Å². The Bertz CT molecular complexity index is 2020. The normalized spacial score (nSPS) is 52.2. The minimum atomic E-state index is -1.45. The zero-order chi connectivity index (χ0) is 49.1. The van der Waals surface area contributed by atoms with Gasteiger partial charge in [-0.05, 0) is 185 Å². The highest BCUT2D eigenvalue weighted by atomic mass is 16.7. The number of nitrogens with zero attached hydrogens (tertiary/aromatic N) is 1. The zero-order valence-electron chi connectivity index (χ0n) is 42.2. The van der Waals surface area contributed by atoms with Crippen LogP contribution in [0.15, 0.2) is 23.3 Å². The van der Waals surface area contributed by atoms with E-state index in [1.807, 2.05) is 0 Å². The summed E-state index contributed by atoms with van der Waals surface area (Å²) in [6, 6.07) is 0.412. The first-order valence-corrected chi connectivity index (χ1v) is 26.9. The highest BCUT2D eigenvalue weighted by Crippen LogP contribution is 2.72. The van der Waals surface area contributed by atoms with Crippen molar-refractivity contribution in [1.29, 1.82) is 0 Å². The van der Waals surface area contributed by atoms with Crippen molar-refractivity contribution in [2.45, 2.75) is 197 Å². The van der Waals surface area contributed by atoms with Gasteiger partial charge in [-0.25, -0.2) is 9.59 Å². The van der Waals surface area contributed by atoms with E-state index in [1.54, 1.807) is 24.3 Å². The van der Waals surface area contributed by atoms with Gasteiger partial charge in [0.15, 0.2) is 6.23 Å². The predicted molar refractivity (Wildman–Crippen MR) is 252 cm³/mol. The van der Waals surface area contributed by atoms with Crippen molar-refractivity contribution in [3.63, 3.8) is 0 Å². The third-order valence-corrected chi connectivity index (χ3v) is 22.9. The van der Waals surface area contributed by atoms with Crippen LogP contribution in [-0.4, -0.2) is 136 Å². The van der Waals surface area contributed by atoms with E-state index in [0.717, 1.165) is 107 Å². The highest BCUT2D eigenvalue weighted by molar-refractivity contribution is 5.86. The lowest BCUT2D eigenvalue weighted by molar-refractivity contribution is -0.344. The maximum atomic E-state index is 12.4. The number of aliphatic hydroxyl groups is 6. The first-order chi connectivity index (χ1) is 32.8. The quantitative estimate of drug-likeness (QED) is 0.125. The summed E-state index contributed by atoms with van der Waals surface area (Å²) in [6.45, 7) is 9.77. The monoisotopic (exact) mass is 969 g/mol. The van der Waals surface area contributed by atoms with Crippen molar-refractivity contribution >= 4 is 11.9 Å². The van der Waals surface area contributed by atoms with Gasteiger partial charge in [-0.15, -0.1) is 0 Å². The third-order valence-electron chi connectivity index (χ3n) is 22.9. The standard InChI is InChI=1S/C30H47NO9.C24H37NO4/c1-28-9-6-18(31(38-3)27-26(36)25(35)24(34)22(14-32)40-27)13-17(28)4-5-21-20(28)7-10-29(2)19(8-11-30(21,29)37)16-12-23(33)39-15-16;1-22-9-6-17(25-28-3)13-16(22)4-5-20-19(22)7-10-23(2)18(8-11-24(20,23)27)15-12-21(26)29-14-15/h12,17-22,24-27,32,34-37H,4-11,13-15H2,1-3H3;12,16-20,25,27H,4-11,13-14H2,1-3H3/t17?,18?,19-,20?,21?,22?,24-,25+,26?,27-,28+,29-,30+;16?,17?,18-,19?,20?,22+,23-,24+/m11/s1. The Balaban J connectivity index is 0.000000169. The van der Waals surface area contributed by atoms with Crippen molar-refractivity contribution in [3.8, 4) is 0 Å². The molecule has 3 heterocycles. The molecule has 0 amide bonds. The molecule has 1 saturated heterocycles. The summed E-state index contributed by atoms with van der Waals surface area (Å²) >= 11 is 0. The molecule has 8 saturated carbocycles.